The highest BCUT2D eigenvalue weighted by Gasteiger charge is 2.20. The molecule has 1 rings (SSSR count). The summed E-state index contributed by atoms with van der Waals surface area (Å²) in [6, 6.07) is -0.724. The number of rotatable bonds is 2. The van der Waals surface area contributed by atoms with Crippen LogP contribution in [-0.4, -0.2) is 41.7 Å². The summed E-state index contributed by atoms with van der Waals surface area (Å²) < 4.78 is 0. The number of carbonyl (C=O) groups excluding carboxylic acids is 1. The van der Waals surface area contributed by atoms with Crippen LogP contribution in [0.3, 0.4) is 0 Å². The number of hydrogen-bond acceptors (Lipinski definition) is 3. The van der Waals surface area contributed by atoms with Gasteiger partial charge in [-0.15, -0.1) is 0 Å². The molecule has 1 heterocycles. The van der Waals surface area contributed by atoms with Crippen LogP contribution in [0.2, 0.25) is 0 Å². The Hall–Kier alpha value is -0.610. The molecular formula is C9H18N2O2. The molecule has 1 amide bonds. The highest BCUT2D eigenvalue weighted by Crippen LogP contribution is 2.10. The van der Waals surface area contributed by atoms with Crippen LogP contribution in [0.4, 0.5) is 0 Å². The van der Waals surface area contributed by atoms with E-state index in [0.717, 1.165) is 25.9 Å². The number of hydrogen-bond donors (Lipinski definition) is 2. The quantitative estimate of drug-likeness (QED) is 0.622. The van der Waals surface area contributed by atoms with Crippen LogP contribution in [0.25, 0.3) is 0 Å². The molecule has 1 fully saturated rings. The molecule has 0 aromatic heterocycles. The molecule has 0 bridgehead atoms. The van der Waals surface area contributed by atoms with E-state index in [9.17, 15) is 4.79 Å². The molecule has 1 saturated heterocycles. The van der Waals surface area contributed by atoms with E-state index in [4.69, 9.17) is 10.8 Å². The van der Waals surface area contributed by atoms with Gasteiger partial charge in [0.2, 0.25) is 5.91 Å². The summed E-state index contributed by atoms with van der Waals surface area (Å²) in [6.45, 7) is 1.34. The number of aliphatic hydroxyl groups is 1. The summed E-state index contributed by atoms with van der Waals surface area (Å²) in [5.41, 5.74) is 5.46. The molecule has 13 heavy (non-hydrogen) atoms. The molecule has 0 radical (unpaired) electrons. The third-order valence-electron chi connectivity index (χ3n) is 2.43. The number of aliphatic hydroxyl groups excluding tert-OH is 1. The van der Waals surface area contributed by atoms with Gasteiger partial charge < -0.3 is 15.7 Å². The van der Waals surface area contributed by atoms with Crippen LogP contribution in [0.15, 0.2) is 0 Å². The summed E-state index contributed by atoms with van der Waals surface area (Å²) in [7, 11) is 0. The van der Waals surface area contributed by atoms with Crippen LogP contribution in [0.1, 0.15) is 25.7 Å². The van der Waals surface area contributed by atoms with E-state index in [2.05, 4.69) is 0 Å². The van der Waals surface area contributed by atoms with E-state index in [1.807, 2.05) is 0 Å². The van der Waals surface area contributed by atoms with Gasteiger partial charge in [0, 0.05) is 13.1 Å². The number of carbonyl (C=O) groups is 1. The molecule has 0 saturated carbocycles. The first-order chi connectivity index (χ1) is 6.25. The minimum atomic E-state index is -0.724. The summed E-state index contributed by atoms with van der Waals surface area (Å²) >= 11 is 0. The van der Waals surface area contributed by atoms with Crippen molar-refractivity contribution in [1.29, 1.82) is 0 Å². The Morgan fingerprint density at radius 3 is 2.31 bits per heavy atom. The van der Waals surface area contributed by atoms with Gasteiger partial charge in [0.1, 0.15) is 6.04 Å². The third kappa shape index (κ3) is 2.97. The summed E-state index contributed by atoms with van der Waals surface area (Å²) in [5.74, 6) is -0.107. The molecule has 4 nitrogen and oxygen atoms in total. The minimum absolute atomic E-state index is 0.107. The van der Waals surface area contributed by atoms with Crippen molar-refractivity contribution in [1.82, 2.24) is 4.90 Å². The average molecular weight is 186 g/mol. The number of nitrogens with two attached hydrogens (primary N) is 1. The largest absolute Gasteiger partial charge is 0.394 e. The second kappa shape index (κ2) is 5.19. The zero-order chi connectivity index (χ0) is 9.68. The molecule has 0 aromatic rings. The molecule has 1 unspecified atom stereocenters. The molecule has 4 heteroatoms. The van der Waals surface area contributed by atoms with Gasteiger partial charge in [-0.2, -0.15) is 0 Å². The second-order valence-electron chi connectivity index (χ2n) is 3.53. The van der Waals surface area contributed by atoms with E-state index in [1.165, 1.54) is 12.8 Å². The van der Waals surface area contributed by atoms with Gasteiger partial charge in [-0.3, -0.25) is 4.79 Å². The Morgan fingerprint density at radius 1 is 1.31 bits per heavy atom. The number of nitrogens with zero attached hydrogens (tertiary/aromatic N) is 1. The van der Waals surface area contributed by atoms with E-state index in [1.54, 1.807) is 4.90 Å². The van der Waals surface area contributed by atoms with E-state index in [-0.39, 0.29) is 12.5 Å². The summed E-state index contributed by atoms with van der Waals surface area (Å²) in [4.78, 5) is 13.3. The molecule has 1 aliphatic heterocycles. The van der Waals surface area contributed by atoms with E-state index < -0.39 is 6.04 Å². The summed E-state index contributed by atoms with van der Waals surface area (Å²) in [6.07, 6.45) is 4.50. The molecule has 1 aliphatic rings. The predicted molar refractivity (Wildman–Crippen MR) is 50.1 cm³/mol. The molecule has 0 aliphatic carbocycles. The van der Waals surface area contributed by atoms with Crippen molar-refractivity contribution in [2.45, 2.75) is 31.7 Å². The van der Waals surface area contributed by atoms with Gasteiger partial charge in [0.25, 0.3) is 0 Å². The first-order valence-corrected chi connectivity index (χ1v) is 4.91. The van der Waals surface area contributed by atoms with Crippen molar-refractivity contribution in [2.24, 2.45) is 5.73 Å². The van der Waals surface area contributed by atoms with Gasteiger partial charge >= 0.3 is 0 Å². The fourth-order valence-corrected chi connectivity index (χ4v) is 1.60. The normalized spacial score (nSPS) is 20.9. The van der Waals surface area contributed by atoms with E-state index in [0.29, 0.717) is 0 Å². The fraction of sp³-hybridized carbons (Fsp3) is 0.889. The number of likely N-dealkylation sites (tertiary alicyclic amines) is 1. The molecular weight excluding hydrogens is 168 g/mol. The average Bonchev–Trinajstić information content (AvgIpc) is 2.43. The maximum Gasteiger partial charge on any atom is 0.241 e. The SMILES string of the molecule is NC(CO)C(=O)N1CCCCCC1. The Labute approximate surface area is 78.7 Å². The predicted octanol–water partition coefficient (Wildman–Crippen LogP) is -0.291. The lowest BCUT2D eigenvalue weighted by Gasteiger charge is -2.22. The second-order valence-corrected chi connectivity index (χ2v) is 3.53. The molecule has 0 aromatic carbocycles. The minimum Gasteiger partial charge on any atom is -0.394 e. The third-order valence-corrected chi connectivity index (χ3v) is 2.43. The Morgan fingerprint density at radius 2 is 1.85 bits per heavy atom. The van der Waals surface area contributed by atoms with Crippen molar-refractivity contribution in [2.75, 3.05) is 19.7 Å². The Balaban J connectivity index is 2.43. The number of amides is 1. The van der Waals surface area contributed by atoms with Crippen molar-refractivity contribution in [3.05, 3.63) is 0 Å². The summed E-state index contributed by atoms with van der Waals surface area (Å²) in [5, 5.41) is 8.73. The molecule has 1 atom stereocenters. The van der Waals surface area contributed by atoms with Gasteiger partial charge in [-0.25, -0.2) is 0 Å². The molecule has 0 spiro atoms. The van der Waals surface area contributed by atoms with Gasteiger partial charge in [0.15, 0.2) is 0 Å². The first-order valence-electron chi connectivity index (χ1n) is 4.91. The van der Waals surface area contributed by atoms with E-state index >= 15 is 0 Å². The van der Waals surface area contributed by atoms with Crippen molar-refractivity contribution in [3.63, 3.8) is 0 Å². The monoisotopic (exact) mass is 186 g/mol. The van der Waals surface area contributed by atoms with Crippen LogP contribution in [-0.2, 0) is 4.79 Å². The lowest BCUT2D eigenvalue weighted by atomic mass is 10.2. The maximum absolute atomic E-state index is 11.5. The van der Waals surface area contributed by atoms with Crippen LogP contribution >= 0.6 is 0 Å². The zero-order valence-electron chi connectivity index (χ0n) is 7.91. The topological polar surface area (TPSA) is 66.6 Å². The van der Waals surface area contributed by atoms with Crippen molar-refractivity contribution in [3.8, 4) is 0 Å². The van der Waals surface area contributed by atoms with Crippen LogP contribution in [0.5, 0.6) is 0 Å². The van der Waals surface area contributed by atoms with Crippen molar-refractivity contribution >= 4 is 5.91 Å². The van der Waals surface area contributed by atoms with Crippen LogP contribution < -0.4 is 5.73 Å². The van der Waals surface area contributed by atoms with Gasteiger partial charge in [-0.1, -0.05) is 12.8 Å². The fourth-order valence-electron chi connectivity index (χ4n) is 1.60. The standard InChI is InChI=1S/C9H18N2O2/c10-8(7-12)9(13)11-5-3-1-2-4-6-11/h8,12H,1-7,10H2. The molecule has 76 valence electrons. The zero-order valence-corrected chi connectivity index (χ0v) is 7.91. The molecule has 3 N–H and O–H groups in total. The lowest BCUT2D eigenvalue weighted by molar-refractivity contribution is -0.133. The van der Waals surface area contributed by atoms with Crippen molar-refractivity contribution < 1.29 is 9.90 Å². The van der Waals surface area contributed by atoms with Crippen LogP contribution in [0, 0.1) is 0 Å². The highest BCUT2D eigenvalue weighted by atomic mass is 16.3. The highest BCUT2D eigenvalue weighted by molar-refractivity contribution is 5.81. The van der Waals surface area contributed by atoms with Gasteiger partial charge in [-0.05, 0) is 12.8 Å². The Bertz CT molecular complexity index is 165. The Kier molecular flexibility index (Phi) is 4.18. The lowest BCUT2D eigenvalue weighted by Crippen LogP contribution is -2.46. The maximum atomic E-state index is 11.5. The smallest absolute Gasteiger partial charge is 0.241 e. The first kappa shape index (κ1) is 10.5. The van der Waals surface area contributed by atoms with Gasteiger partial charge in [0.05, 0.1) is 6.61 Å².